The fraction of sp³-hybridized carbons (Fsp3) is 1.00. The molecule has 1 N–H and O–H groups in total. The maximum atomic E-state index is 11.8. The van der Waals surface area contributed by atoms with Crippen LogP contribution in [0.5, 0.6) is 0 Å². The molecular weight excluding hydrogens is 205 g/mol. The van der Waals surface area contributed by atoms with Crippen molar-refractivity contribution < 1.29 is 13.2 Å². The molecular formula is C10H23F3N2. The molecule has 0 bridgehead atoms. The van der Waals surface area contributed by atoms with Crippen LogP contribution in [0.2, 0.25) is 0 Å². The zero-order valence-corrected chi connectivity index (χ0v) is 10.1. The fourth-order valence-electron chi connectivity index (χ4n) is 0.876. The molecule has 0 radical (unpaired) electrons. The lowest BCUT2D eigenvalue weighted by atomic mass is 10.4. The van der Waals surface area contributed by atoms with Crippen LogP contribution < -0.4 is 5.32 Å². The van der Waals surface area contributed by atoms with Gasteiger partial charge in [0, 0.05) is 19.6 Å². The van der Waals surface area contributed by atoms with Gasteiger partial charge in [0.05, 0.1) is 6.42 Å². The highest BCUT2D eigenvalue weighted by Gasteiger charge is 2.26. The standard InChI is InChI=1S/C8H17F3N2.C2H6/c1-3-12-5-7-13(2)6-4-8(9,10)11;1-2/h12H,3-7H2,1-2H3;1-2H3. The third-order valence-electron chi connectivity index (χ3n) is 1.70. The number of likely N-dealkylation sites (N-methyl/N-ethyl adjacent to an activating group) is 2. The molecule has 0 spiro atoms. The van der Waals surface area contributed by atoms with Crippen LogP contribution in [0.3, 0.4) is 0 Å². The van der Waals surface area contributed by atoms with Gasteiger partial charge in [-0.3, -0.25) is 0 Å². The Labute approximate surface area is 90.8 Å². The number of nitrogens with one attached hydrogen (secondary N) is 1. The third kappa shape index (κ3) is 16.4. The van der Waals surface area contributed by atoms with Gasteiger partial charge < -0.3 is 10.2 Å². The number of nitrogens with zero attached hydrogens (tertiary/aromatic N) is 1. The van der Waals surface area contributed by atoms with Gasteiger partial charge in [-0.25, -0.2) is 0 Å². The van der Waals surface area contributed by atoms with E-state index in [2.05, 4.69) is 5.32 Å². The Hall–Kier alpha value is -0.290. The molecule has 0 aliphatic carbocycles. The van der Waals surface area contributed by atoms with Gasteiger partial charge in [-0.15, -0.1) is 0 Å². The molecule has 0 fully saturated rings. The van der Waals surface area contributed by atoms with Gasteiger partial charge in [0.25, 0.3) is 0 Å². The second-order valence-electron chi connectivity index (χ2n) is 3.02. The van der Waals surface area contributed by atoms with Gasteiger partial charge in [-0.05, 0) is 13.6 Å². The highest BCUT2D eigenvalue weighted by atomic mass is 19.4. The second kappa shape index (κ2) is 10.2. The van der Waals surface area contributed by atoms with Crippen LogP contribution >= 0.6 is 0 Å². The normalized spacial score (nSPS) is 11.2. The molecule has 5 heteroatoms. The van der Waals surface area contributed by atoms with E-state index in [0.717, 1.165) is 13.1 Å². The maximum absolute atomic E-state index is 11.8. The minimum atomic E-state index is -4.04. The van der Waals surface area contributed by atoms with Crippen LogP contribution in [0.4, 0.5) is 13.2 Å². The Balaban J connectivity index is 0. The third-order valence-corrected chi connectivity index (χ3v) is 1.70. The zero-order chi connectivity index (χ0) is 12.3. The molecule has 2 nitrogen and oxygen atoms in total. The Bertz CT molecular complexity index is 126. The van der Waals surface area contributed by atoms with E-state index in [4.69, 9.17) is 0 Å². The van der Waals surface area contributed by atoms with Gasteiger partial charge >= 0.3 is 6.18 Å². The zero-order valence-electron chi connectivity index (χ0n) is 10.1. The van der Waals surface area contributed by atoms with Crippen molar-refractivity contribution in [2.45, 2.75) is 33.4 Å². The van der Waals surface area contributed by atoms with Gasteiger partial charge in [0.15, 0.2) is 0 Å². The number of halogens is 3. The maximum Gasteiger partial charge on any atom is 0.390 e. The van der Waals surface area contributed by atoms with E-state index in [-0.39, 0.29) is 6.54 Å². The summed E-state index contributed by atoms with van der Waals surface area (Å²) in [7, 11) is 1.70. The summed E-state index contributed by atoms with van der Waals surface area (Å²) in [6.07, 6.45) is -4.76. The van der Waals surface area contributed by atoms with Gasteiger partial charge in [-0.1, -0.05) is 20.8 Å². The van der Waals surface area contributed by atoms with Crippen molar-refractivity contribution in [3.05, 3.63) is 0 Å². The Morgan fingerprint density at radius 1 is 1.13 bits per heavy atom. The van der Waals surface area contributed by atoms with Crippen LogP contribution in [0.1, 0.15) is 27.2 Å². The van der Waals surface area contributed by atoms with Gasteiger partial charge in [-0.2, -0.15) is 13.2 Å². The quantitative estimate of drug-likeness (QED) is 0.703. The highest BCUT2D eigenvalue weighted by Crippen LogP contribution is 2.19. The lowest BCUT2D eigenvalue weighted by Gasteiger charge is -2.17. The van der Waals surface area contributed by atoms with Crippen molar-refractivity contribution in [3.63, 3.8) is 0 Å². The summed E-state index contributed by atoms with van der Waals surface area (Å²) < 4.78 is 35.3. The second-order valence-corrected chi connectivity index (χ2v) is 3.02. The molecule has 0 aromatic carbocycles. The van der Waals surface area contributed by atoms with E-state index in [9.17, 15) is 13.2 Å². The smallest absolute Gasteiger partial charge is 0.316 e. The van der Waals surface area contributed by atoms with E-state index < -0.39 is 12.6 Å². The van der Waals surface area contributed by atoms with Crippen LogP contribution in [0.25, 0.3) is 0 Å². The lowest BCUT2D eigenvalue weighted by Crippen LogP contribution is -2.31. The van der Waals surface area contributed by atoms with Crippen LogP contribution in [0, 0.1) is 0 Å². The molecule has 0 amide bonds. The number of hydrogen-bond donors (Lipinski definition) is 1. The summed E-state index contributed by atoms with van der Waals surface area (Å²) in [5, 5.41) is 3.05. The molecule has 0 aromatic heterocycles. The van der Waals surface area contributed by atoms with Crippen molar-refractivity contribution >= 4 is 0 Å². The Morgan fingerprint density at radius 2 is 1.67 bits per heavy atom. The molecule has 0 atom stereocenters. The summed E-state index contributed by atoms with van der Waals surface area (Å²) in [5.74, 6) is 0. The summed E-state index contributed by atoms with van der Waals surface area (Å²) in [5.41, 5.74) is 0. The number of hydrogen-bond acceptors (Lipinski definition) is 2. The lowest BCUT2D eigenvalue weighted by molar-refractivity contribution is -0.137. The highest BCUT2D eigenvalue weighted by molar-refractivity contribution is 4.58. The summed E-state index contributed by atoms with van der Waals surface area (Å²) in [6, 6.07) is 0. The largest absolute Gasteiger partial charge is 0.390 e. The fourth-order valence-corrected chi connectivity index (χ4v) is 0.876. The summed E-state index contributed by atoms with van der Waals surface area (Å²) in [4.78, 5) is 1.68. The van der Waals surface area contributed by atoms with Crippen molar-refractivity contribution in [2.75, 3.05) is 33.2 Å². The van der Waals surface area contributed by atoms with E-state index in [1.807, 2.05) is 20.8 Å². The van der Waals surface area contributed by atoms with Crippen LogP contribution in [-0.4, -0.2) is 44.3 Å². The predicted molar refractivity (Wildman–Crippen MR) is 58.1 cm³/mol. The summed E-state index contributed by atoms with van der Waals surface area (Å²) >= 11 is 0. The molecule has 0 saturated heterocycles. The minimum Gasteiger partial charge on any atom is -0.316 e. The van der Waals surface area contributed by atoms with E-state index in [0.29, 0.717) is 6.54 Å². The molecule has 0 heterocycles. The van der Waals surface area contributed by atoms with Gasteiger partial charge in [0.1, 0.15) is 0 Å². The van der Waals surface area contributed by atoms with E-state index >= 15 is 0 Å². The molecule has 0 aromatic rings. The average molecular weight is 228 g/mol. The molecule has 0 aliphatic rings. The van der Waals surface area contributed by atoms with Gasteiger partial charge in [0.2, 0.25) is 0 Å². The predicted octanol–water partition coefficient (Wildman–Crippen LogP) is 2.51. The topological polar surface area (TPSA) is 15.3 Å². The Morgan fingerprint density at radius 3 is 2.07 bits per heavy atom. The van der Waals surface area contributed by atoms with Crippen molar-refractivity contribution in [1.82, 2.24) is 10.2 Å². The van der Waals surface area contributed by atoms with E-state index in [1.54, 1.807) is 11.9 Å². The van der Waals surface area contributed by atoms with Crippen molar-refractivity contribution in [3.8, 4) is 0 Å². The first-order valence-electron chi connectivity index (χ1n) is 5.41. The monoisotopic (exact) mass is 228 g/mol. The van der Waals surface area contributed by atoms with Crippen LogP contribution in [0.15, 0.2) is 0 Å². The molecule has 0 rings (SSSR count). The van der Waals surface area contributed by atoms with E-state index in [1.165, 1.54) is 0 Å². The molecule has 0 unspecified atom stereocenters. The average Bonchev–Trinajstić information content (AvgIpc) is 2.17. The SMILES string of the molecule is CC.CCNCCN(C)CCC(F)(F)F. The number of alkyl halides is 3. The first-order chi connectivity index (χ1) is 6.95. The number of rotatable bonds is 6. The summed E-state index contributed by atoms with van der Waals surface area (Å²) in [6.45, 7) is 8.30. The van der Waals surface area contributed by atoms with Crippen molar-refractivity contribution in [2.24, 2.45) is 0 Å². The van der Waals surface area contributed by atoms with Crippen LogP contribution in [-0.2, 0) is 0 Å². The molecule has 94 valence electrons. The molecule has 0 saturated carbocycles. The minimum absolute atomic E-state index is 0.0783. The molecule has 15 heavy (non-hydrogen) atoms. The molecule has 0 aliphatic heterocycles. The first kappa shape index (κ1) is 17.1. The van der Waals surface area contributed by atoms with Crippen molar-refractivity contribution in [1.29, 1.82) is 0 Å². The Kier molecular flexibility index (Phi) is 11.7. The first-order valence-corrected chi connectivity index (χ1v) is 5.41.